The number of nitrogens with one attached hydrogen (secondary N) is 3. The van der Waals surface area contributed by atoms with E-state index in [0.29, 0.717) is 10.7 Å². The normalized spacial score (nSPS) is 10.4. The smallest absolute Gasteiger partial charge is 0.320 e. The summed E-state index contributed by atoms with van der Waals surface area (Å²) < 4.78 is 0. The molecule has 0 radical (unpaired) electrons. The number of benzene rings is 2. The molecule has 0 aliphatic heterocycles. The van der Waals surface area contributed by atoms with E-state index in [-0.39, 0.29) is 5.69 Å². The van der Waals surface area contributed by atoms with Gasteiger partial charge in [-0.05, 0) is 36.4 Å². The van der Waals surface area contributed by atoms with E-state index in [0.717, 1.165) is 15.9 Å². The molecule has 3 aromatic rings. The average Bonchev–Trinajstić information content (AvgIpc) is 2.58. The number of carbonyl (C=O) groups is 1. The molecule has 0 aliphatic carbocycles. The molecule has 25 heavy (non-hydrogen) atoms. The van der Waals surface area contributed by atoms with Gasteiger partial charge in [0.05, 0.1) is 5.69 Å². The second kappa shape index (κ2) is 7.42. The Kier molecular flexibility index (Phi) is 5.06. The van der Waals surface area contributed by atoms with Crippen LogP contribution in [0.3, 0.4) is 0 Å². The van der Waals surface area contributed by atoms with Crippen LogP contribution in [0.2, 0.25) is 5.02 Å². The number of carbonyl (C=O) groups excluding carboxylic acids is 1. The highest BCUT2D eigenvalue weighted by atomic mass is 35.5. The molecule has 3 rings (SSSR count). The van der Waals surface area contributed by atoms with Crippen molar-refractivity contribution in [2.45, 2.75) is 9.79 Å². The molecule has 0 atom stereocenters. The van der Waals surface area contributed by atoms with E-state index < -0.39 is 17.2 Å². The van der Waals surface area contributed by atoms with E-state index in [9.17, 15) is 14.4 Å². The van der Waals surface area contributed by atoms with Gasteiger partial charge in [-0.1, -0.05) is 35.5 Å². The molecule has 1 heterocycles. The number of halogens is 1. The van der Waals surface area contributed by atoms with Crippen LogP contribution in [0.15, 0.2) is 74.0 Å². The van der Waals surface area contributed by atoms with Gasteiger partial charge >= 0.3 is 5.69 Å². The van der Waals surface area contributed by atoms with E-state index in [1.807, 2.05) is 29.2 Å². The van der Waals surface area contributed by atoms with E-state index >= 15 is 0 Å². The van der Waals surface area contributed by atoms with Gasteiger partial charge in [0, 0.05) is 20.9 Å². The Balaban J connectivity index is 1.85. The molecule has 2 aromatic carbocycles. The van der Waals surface area contributed by atoms with Crippen molar-refractivity contribution >= 4 is 35.0 Å². The predicted molar refractivity (Wildman–Crippen MR) is 97.7 cm³/mol. The van der Waals surface area contributed by atoms with E-state index in [1.54, 1.807) is 24.3 Å². The maximum absolute atomic E-state index is 12.3. The Morgan fingerprint density at radius 1 is 1.00 bits per heavy atom. The summed E-state index contributed by atoms with van der Waals surface area (Å²) in [6.07, 6.45) is 0. The fourth-order valence-electron chi connectivity index (χ4n) is 2.07. The minimum atomic E-state index is -0.735. The lowest BCUT2D eigenvalue weighted by Crippen LogP contribution is -2.27. The quantitative estimate of drug-likeness (QED) is 0.654. The van der Waals surface area contributed by atoms with Crippen molar-refractivity contribution in [2.75, 3.05) is 5.32 Å². The van der Waals surface area contributed by atoms with Crippen LogP contribution in [0.4, 0.5) is 5.69 Å². The van der Waals surface area contributed by atoms with Gasteiger partial charge in [0.2, 0.25) is 0 Å². The van der Waals surface area contributed by atoms with Crippen molar-refractivity contribution in [2.24, 2.45) is 0 Å². The number of anilines is 1. The molecular weight excluding hydrogens is 362 g/mol. The van der Waals surface area contributed by atoms with Gasteiger partial charge in [-0.15, -0.1) is 0 Å². The van der Waals surface area contributed by atoms with Crippen LogP contribution in [0.1, 0.15) is 10.5 Å². The third-order valence-electron chi connectivity index (χ3n) is 3.18. The van der Waals surface area contributed by atoms with Crippen LogP contribution in [0.5, 0.6) is 0 Å². The fourth-order valence-corrected chi connectivity index (χ4v) is 3.10. The highest BCUT2D eigenvalue weighted by molar-refractivity contribution is 7.99. The van der Waals surface area contributed by atoms with Crippen LogP contribution < -0.4 is 16.6 Å². The first-order chi connectivity index (χ1) is 12.0. The molecule has 0 unspecified atom stereocenters. The summed E-state index contributed by atoms with van der Waals surface area (Å²) >= 11 is 7.34. The molecule has 8 heteroatoms. The molecule has 3 N–H and O–H groups in total. The summed E-state index contributed by atoms with van der Waals surface area (Å²) in [4.78, 5) is 41.0. The Hall–Kier alpha value is -2.77. The van der Waals surface area contributed by atoms with Gasteiger partial charge in [-0.3, -0.25) is 14.6 Å². The molecule has 0 fully saturated rings. The van der Waals surface area contributed by atoms with Crippen molar-refractivity contribution in [3.8, 4) is 0 Å². The second-order valence-electron chi connectivity index (χ2n) is 5.01. The number of rotatable bonds is 4. The lowest BCUT2D eigenvalue weighted by atomic mass is 10.3. The third-order valence-corrected chi connectivity index (χ3v) is 4.52. The maximum atomic E-state index is 12.3. The molecule has 0 saturated heterocycles. The predicted octanol–water partition coefficient (Wildman–Crippen LogP) is 3.12. The second-order valence-corrected chi connectivity index (χ2v) is 6.56. The van der Waals surface area contributed by atoms with Crippen molar-refractivity contribution < 1.29 is 4.79 Å². The number of H-pyrrole nitrogens is 2. The first kappa shape index (κ1) is 17.1. The van der Waals surface area contributed by atoms with Gasteiger partial charge in [-0.2, -0.15) is 0 Å². The van der Waals surface area contributed by atoms with Gasteiger partial charge in [0.1, 0.15) is 5.69 Å². The summed E-state index contributed by atoms with van der Waals surface area (Å²) in [7, 11) is 0. The zero-order valence-electron chi connectivity index (χ0n) is 12.7. The van der Waals surface area contributed by atoms with E-state index in [2.05, 4.69) is 10.3 Å². The van der Waals surface area contributed by atoms with Gasteiger partial charge in [0.25, 0.3) is 11.5 Å². The first-order valence-corrected chi connectivity index (χ1v) is 8.38. The lowest BCUT2D eigenvalue weighted by molar-refractivity contribution is 0.102. The topological polar surface area (TPSA) is 94.8 Å². The van der Waals surface area contributed by atoms with Crippen molar-refractivity contribution in [1.82, 2.24) is 9.97 Å². The molecule has 0 saturated carbocycles. The molecule has 1 aromatic heterocycles. The van der Waals surface area contributed by atoms with Crippen LogP contribution in [0.25, 0.3) is 0 Å². The summed E-state index contributed by atoms with van der Waals surface area (Å²) in [6, 6.07) is 15.6. The molecule has 0 aliphatic rings. The molecule has 1 amide bonds. The monoisotopic (exact) mass is 373 g/mol. The molecule has 0 spiro atoms. The Morgan fingerprint density at radius 3 is 2.44 bits per heavy atom. The molecular formula is C17H12ClN3O3S. The highest BCUT2D eigenvalue weighted by Gasteiger charge is 2.11. The SMILES string of the molecule is O=C(Nc1ccccc1Sc1ccc(Cl)cc1)c1cc(=O)[nH]c(=O)[nH]1. The van der Waals surface area contributed by atoms with Gasteiger partial charge < -0.3 is 10.3 Å². The maximum Gasteiger partial charge on any atom is 0.326 e. The minimum Gasteiger partial charge on any atom is -0.320 e. The van der Waals surface area contributed by atoms with Crippen LogP contribution in [-0.4, -0.2) is 15.9 Å². The standard InChI is InChI=1S/C17H12ClN3O3S/c18-10-5-7-11(8-6-10)25-14-4-2-1-3-12(14)19-16(23)13-9-15(22)21-17(24)20-13/h1-9H,(H,19,23)(H2,20,21,22,24). The zero-order valence-corrected chi connectivity index (χ0v) is 14.3. The molecule has 6 nitrogen and oxygen atoms in total. The van der Waals surface area contributed by atoms with E-state index in [4.69, 9.17) is 11.6 Å². The highest BCUT2D eigenvalue weighted by Crippen LogP contribution is 2.33. The van der Waals surface area contributed by atoms with E-state index in [1.165, 1.54) is 11.8 Å². The summed E-state index contributed by atoms with van der Waals surface area (Å²) in [6.45, 7) is 0. The largest absolute Gasteiger partial charge is 0.326 e. The van der Waals surface area contributed by atoms with Crippen LogP contribution in [-0.2, 0) is 0 Å². The van der Waals surface area contributed by atoms with Crippen molar-refractivity contribution in [3.63, 3.8) is 0 Å². The van der Waals surface area contributed by atoms with Crippen LogP contribution >= 0.6 is 23.4 Å². The number of aromatic nitrogens is 2. The summed E-state index contributed by atoms with van der Waals surface area (Å²) in [5.74, 6) is -0.577. The fraction of sp³-hybridized carbons (Fsp3) is 0. The first-order valence-electron chi connectivity index (χ1n) is 7.19. The number of hydrogen-bond acceptors (Lipinski definition) is 4. The number of hydrogen-bond donors (Lipinski definition) is 3. The lowest BCUT2D eigenvalue weighted by Gasteiger charge is -2.10. The molecule has 0 bridgehead atoms. The number of para-hydroxylation sites is 1. The Morgan fingerprint density at radius 2 is 1.72 bits per heavy atom. The molecule has 126 valence electrons. The Bertz CT molecular complexity index is 1000. The average molecular weight is 374 g/mol. The summed E-state index contributed by atoms with van der Waals surface area (Å²) in [5, 5.41) is 3.35. The van der Waals surface area contributed by atoms with Crippen LogP contribution in [0, 0.1) is 0 Å². The number of amides is 1. The number of aromatic amines is 2. The van der Waals surface area contributed by atoms with Gasteiger partial charge in [0.15, 0.2) is 0 Å². The van der Waals surface area contributed by atoms with Crippen molar-refractivity contribution in [1.29, 1.82) is 0 Å². The summed E-state index contributed by atoms with van der Waals surface area (Å²) in [5.41, 5.74) is -0.923. The third kappa shape index (κ3) is 4.40. The zero-order chi connectivity index (χ0) is 17.8. The minimum absolute atomic E-state index is 0.111. The van der Waals surface area contributed by atoms with Crippen molar-refractivity contribution in [3.05, 3.63) is 86.2 Å². The Labute approximate surface area is 151 Å². The van der Waals surface area contributed by atoms with Gasteiger partial charge in [-0.25, -0.2) is 4.79 Å².